The number of rotatable bonds is 8. The second kappa shape index (κ2) is 14.8. The summed E-state index contributed by atoms with van der Waals surface area (Å²) >= 11 is 0. The van der Waals surface area contributed by atoms with Crippen molar-refractivity contribution in [3.63, 3.8) is 0 Å². The van der Waals surface area contributed by atoms with E-state index in [1.807, 2.05) is 38.7 Å². The summed E-state index contributed by atoms with van der Waals surface area (Å²) in [5.74, 6) is 3.44. The highest BCUT2D eigenvalue weighted by molar-refractivity contribution is 6.25. The third kappa shape index (κ3) is 6.68. The van der Waals surface area contributed by atoms with E-state index in [0.717, 1.165) is 18.4 Å². The summed E-state index contributed by atoms with van der Waals surface area (Å²) < 4.78 is 0. The van der Waals surface area contributed by atoms with Crippen LogP contribution < -0.4 is 5.32 Å². The van der Waals surface area contributed by atoms with Crippen molar-refractivity contribution in [2.24, 2.45) is 15.9 Å². The molecule has 2 aliphatic rings. The van der Waals surface area contributed by atoms with Gasteiger partial charge in [-0.3, -0.25) is 15.3 Å². The maximum Gasteiger partial charge on any atom is 0.0948 e. The van der Waals surface area contributed by atoms with Crippen LogP contribution in [0.25, 0.3) is 43.4 Å². The molecule has 0 spiro atoms. The molecule has 0 saturated carbocycles. The molecule has 7 rings (SSSR count). The Kier molecular flexibility index (Phi) is 10.4. The zero-order valence-electron chi connectivity index (χ0n) is 27.1. The number of benzene rings is 5. The van der Waals surface area contributed by atoms with E-state index in [1.54, 1.807) is 0 Å². The second-order valence-corrected chi connectivity index (χ2v) is 11.3. The van der Waals surface area contributed by atoms with Gasteiger partial charge in [-0.2, -0.15) is 0 Å². The zero-order chi connectivity index (χ0) is 31.8. The summed E-state index contributed by atoms with van der Waals surface area (Å²) in [4.78, 5) is 7.95. The molecule has 3 nitrogen and oxygen atoms in total. The summed E-state index contributed by atoms with van der Waals surface area (Å²) in [5, 5.41) is 11.4. The molecule has 0 aliphatic carbocycles. The molecule has 3 atom stereocenters. The molecule has 0 fully saturated rings. The third-order valence-corrected chi connectivity index (χ3v) is 8.74. The molecule has 1 N–H and O–H groups in total. The Hall–Kier alpha value is -4.78. The minimum atomic E-state index is -0.158. The minimum Gasteiger partial charge on any atom is -0.293 e. The lowest BCUT2D eigenvalue weighted by Crippen LogP contribution is -2.40. The van der Waals surface area contributed by atoms with Gasteiger partial charge in [-0.25, -0.2) is 0 Å². The predicted octanol–water partition coefficient (Wildman–Crippen LogP) is 10.9. The lowest BCUT2D eigenvalue weighted by molar-refractivity contribution is 0.399. The molecule has 0 aromatic heterocycles. The first-order valence-corrected chi connectivity index (χ1v) is 16.2. The fourth-order valence-electron chi connectivity index (χ4n) is 5.88. The van der Waals surface area contributed by atoms with Gasteiger partial charge in [0.05, 0.1) is 6.04 Å². The van der Waals surface area contributed by atoms with Crippen LogP contribution in [-0.4, -0.2) is 18.5 Å². The molecule has 45 heavy (non-hydrogen) atoms. The van der Waals surface area contributed by atoms with Crippen LogP contribution in [0.15, 0.2) is 125 Å². The van der Waals surface area contributed by atoms with E-state index in [2.05, 4.69) is 133 Å². The van der Waals surface area contributed by atoms with Crippen molar-refractivity contribution in [2.75, 3.05) is 0 Å². The number of nitrogens with zero attached hydrogens (tertiary/aromatic N) is 2. The largest absolute Gasteiger partial charge is 0.293 e. The molecule has 5 aromatic rings. The van der Waals surface area contributed by atoms with E-state index in [-0.39, 0.29) is 12.1 Å². The van der Waals surface area contributed by atoms with Gasteiger partial charge in [-0.05, 0) is 73.0 Å². The Morgan fingerprint density at radius 1 is 0.689 bits per heavy atom. The fourth-order valence-corrected chi connectivity index (χ4v) is 5.88. The molecule has 3 unspecified atom stereocenters. The highest BCUT2D eigenvalue weighted by atomic mass is 15.0. The Balaban J connectivity index is 0.000000443. The standard InChI is InChI=1S/C35H30N2.C5H7N.C2H6/c1-4-23(3)35(27-21-36-22-27)37-34(5-2)25-16-14-24(15-17-25)26-18-19-32-30-12-7-6-10-28(30)29-11-8-9-13-31(29)33(32)20-26;1-2-5-3-6-4-5;1-2/h2,6-23,34-35,37H,4H2,1,3H3;3-4H,2H2,1H3;1-2H3. The Bertz CT molecular complexity index is 1920. The first-order chi connectivity index (χ1) is 22.1. The van der Waals surface area contributed by atoms with Crippen LogP contribution >= 0.6 is 0 Å². The number of terminal acetylenes is 1. The van der Waals surface area contributed by atoms with Gasteiger partial charge in [0.1, 0.15) is 0 Å². The zero-order valence-corrected chi connectivity index (χ0v) is 27.1. The van der Waals surface area contributed by atoms with Gasteiger partial charge < -0.3 is 0 Å². The molecule has 2 aliphatic heterocycles. The van der Waals surface area contributed by atoms with Crippen LogP contribution in [-0.2, 0) is 0 Å². The lowest BCUT2D eigenvalue weighted by Gasteiger charge is -2.30. The molecular formula is C42H43N3. The van der Waals surface area contributed by atoms with Crippen LogP contribution in [0.3, 0.4) is 0 Å². The lowest BCUT2D eigenvalue weighted by atomic mass is 9.90. The number of allylic oxidation sites excluding steroid dienone is 1. The summed E-state index contributed by atoms with van der Waals surface area (Å²) in [6.45, 7) is 10.6. The summed E-state index contributed by atoms with van der Waals surface area (Å²) in [5.41, 5.74) is 6.08. The maximum absolute atomic E-state index is 6.00. The summed E-state index contributed by atoms with van der Waals surface area (Å²) in [6.07, 6.45) is 15.9. The third-order valence-electron chi connectivity index (χ3n) is 8.74. The molecule has 2 heterocycles. The fraction of sp³-hybridized carbons (Fsp3) is 0.238. The molecule has 0 bridgehead atoms. The van der Waals surface area contributed by atoms with Crippen LogP contribution in [0, 0.1) is 18.3 Å². The van der Waals surface area contributed by atoms with Crippen molar-refractivity contribution >= 4 is 44.7 Å². The highest BCUT2D eigenvalue weighted by Crippen LogP contribution is 2.37. The topological polar surface area (TPSA) is 36.8 Å². The molecule has 0 saturated heterocycles. The number of aliphatic imine (C=N–C) groups is 2. The Morgan fingerprint density at radius 3 is 1.62 bits per heavy atom. The van der Waals surface area contributed by atoms with Gasteiger partial charge >= 0.3 is 0 Å². The van der Waals surface area contributed by atoms with Crippen LogP contribution in [0.1, 0.15) is 59.1 Å². The highest BCUT2D eigenvalue weighted by Gasteiger charge is 2.24. The first kappa shape index (κ1) is 31.6. The average molecular weight is 590 g/mol. The number of fused-ring (bicyclic) bond motifs is 6. The maximum atomic E-state index is 6.00. The monoisotopic (exact) mass is 589 g/mol. The van der Waals surface area contributed by atoms with Gasteiger partial charge in [0.25, 0.3) is 0 Å². The normalized spacial score (nSPS) is 14.8. The number of nitrogens with one attached hydrogen (secondary N) is 1. The molecule has 0 amide bonds. The van der Waals surface area contributed by atoms with E-state index in [9.17, 15) is 0 Å². The minimum absolute atomic E-state index is 0.158. The quantitative estimate of drug-likeness (QED) is 0.142. The SMILES string of the molecule is C#CC(NC(C1=CN=C1)C(C)CC)c1ccc(-c2ccc3c4ccccc4c4ccccc4c3c2)cc1.CC.CCC1=CN=C1. The Morgan fingerprint density at radius 2 is 1.20 bits per heavy atom. The van der Waals surface area contributed by atoms with E-state index >= 15 is 0 Å². The van der Waals surface area contributed by atoms with Crippen molar-refractivity contribution in [2.45, 2.75) is 59.5 Å². The first-order valence-electron chi connectivity index (χ1n) is 16.2. The smallest absolute Gasteiger partial charge is 0.0948 e. The Labute approximate surface area is 268 Å². The number of hydrogen-bond acceptors (Lipinski definition) is 3. The van der Waals surface area contributed by atoms with Gasteiger partial charge in [0.2, 0.25) is 0 Å². The average Bonchev–Trinajstić information content (AvgIpc) is 3.06. The van der Waals surface area contributed by atoms with Crippen molar-refractivity contribution in [3.8, 4) is 23.5 Å². The van der Waals surface area contributed by atoms with Crippen molar-refractivity contribution in [1.29, 1.82) is 0 Å². The van der Waals surface area contributed by atoms with Gasteiger partial charge in [-0.15, -0.1) is 6.42 Å². The van der Waals surface area contributed by atoms with Crippen molar-refractivity contribution in [3.05, 3.63) is 120 Å². The van der Waals surface area contributed by atoms with Gasteiger partial charge in [-0.1, -0.05) is 132 Å². The summed E-state index contributed by atoms with van der Waals surface area (Å²) in [6, 6.07) is 33.0. The van der Waals surface area contributed by atoms with Gasteiger partial charge in [0.15, 0.2) is 0 Å². The number of hydrogen-bond donors (Lipinski definition) is 1. The molecule has 3 heteroatoms. The van der Waals surface area contributed by atoms with Gasteiger partial charge in [0, 0.05) is 36.4 Å². The van der Waals surface area contributed by atoms with Crippen LogP contribution in [0.4, 0.5) is 0 Å². The van der Waals surface area contributed by atoms with Crippen molar-refractivity contribution in [1.82, 2.24) is 5.32 Å². The van der Waals surface area contributed by atoms with E-state index in [1.165, 1.54) is 54.6 Å². The molecule has 0 radical (unpaired) electrons. The van der Waals surface area contributed by atoms with E-state index in [4.69, 9.17) is 6.42 Å². The second-order valence-electron chi connectivity index (χ2n) is 11.3. The van der Waals surface area contributed by atoms with Crippen LogP contribution in [0.2, 0.25) is 0 Å². The molecule has 5 aromatic carbocycles. The van der Waals surface area contributed by atoms with E-state index in [0.29, 0.717) is 5.92 Å². The van der Waals surface area contributed by atoms with E-state index < -0.39 is 0 Å². The molecular weight excluding hydrogens is 546 g/mol. The van der Waals surface area contributed by atoms with Crippen LogP contribution in [0.5, 0.6) is 0 Å². The molecule has 226 valence electrons. The van der Waals surface area contributed by atoms with Crippen molar-refractivity contribution < 1.29 is 0 Å². The summed E-state index contributed by atoms with van der Waals surface area (Å²) in [7, 11) is 0. The predicted molar refractivity (Wildman–Crippen MR) is 197 cm³/mol.